The molecule has 2 aliphatic rings. The first-order chi connectivity index (χ1) is 13.1. The van der Waals surface area contributed by atoms with Gasteiger partial charge in [-0.15, -0.1) is 11.8 Å². The van der Waals surface area contributed by atoms with E-state index in [1.165, 1.54) is 16.1 Å². The minimum Gasteiger partial charge on any atom is -0.339 e. The van der Waals surface area contributed by atoms with Crippen molar-refractivity contribution in [3.8, 4) is 0 Å². The normalized spacial score (nSPS) is 18.8. The monoisotopic (exact) mass is 425 g/mol. The van der Waals surface area contributed by atoms with Crippen molar-refractivity contribution >= 4 is 33.6 Å². The molecule has 0 N–H and O–H groups in total. The molecule has 3 rings (SSSR count). The number of rotatable bonds is 4. The minimum absolute atomic E-state index is 0.0136. The summed E-state index contributed by atoms with van der Waals surface area (Å²) in [5.74, 6) is 0.838. The second-order valence-electron chi connectivity index (χ2n) is 7.44. The first-order valence-electron chi connectivity index (χ1n) is 9.33. The predicted molar refractivity (Wildman–Crippen MR) is 110 cm³/mol. The molecule has 7 nitrogen and oxygen atoms in total. The molecule has 0 bridgehead atoms. The highest BCUT2D eigenvalue weighted by molar-refractivity contribution is 8.00. The minimum atomic E-state index is -3.62. The molecule has 2 fully saturated rings. The van der Waals surface area contributed by atoms with Gasteiger partial charge in [-0.3, -0.25) is 9.59 Å². The fourth-order valence-electron chi connectivity index (χ4n) is 3.68. The molecule has 154 valence electrons. The maximum atomic E-state index is 13.3. The van der Waals surface area contributed by atoms with E-state index in [1.807, 2.05) is 33.8 Å². The molecule has 28 heavy (non-hydrogen) atoms. The van der Waals surface area contributed by atoms with E-state index < -0.39 is 10.0 Å². The molecule has 0 atom stereocenters. The SMILES string of the molecule is Cc1cc(C)c(C)c(S(=O)(=O)N2CCN(C(=O)CN3CSCC3=O)CC2)c1C. The fraction of sp³-hybridized carbons (Fsp3) is 0.579. The molecule has 0 radical (unpaired) electrons. The summed E-state index contributed by atoms with van der Waals surface area (Å²) in [4.78, 5) is 27.8. The highest BCUT2D eigenvalue weighted by atomic mass is 32.2. The average molecular weight is 426 g/mol. The highest BCUT2D eigenvalue weighted by Gasteiger charge is 2.33. The molecule has 0 aromatic heterocycles. The zero-order valence-electron chi connectivity index (χ0n) is 16.8. The van der Waals surface area contributed by atoms with Crippen molar-refractivity contribution in [1.29, 1.82) is 0 Å². The number of carbonyl (C=O) groups excluding carboxylic acids is 2. The van der Waals surface area contributed by atoms with Crippen LogP contribution < -0.4 is 0 Å². The van der Waals surface area contributed by atoms with Gasteiger partial charge in [-0.1, -0.05) is 6.07 Å². The summed E-state index contributed by atoms with van der Waals surface area (Å²) in [6, 6.07) is 2.01. The maximum Gasteiger partial charge on any atom is 0.243 e. The van der Waals surface area contributed by atoms with Gasteiger partial charge in [-0.05, 0) is 49.9 Å². The van der Waals surface area contributed by atoms with Gasteiger partial charge in [-0.25, -0.2) is 8.42 Å². The maximum absolute atomic E-state index is 13.3. The van der Waals surface area contributed by atoms with Crippen molar-refractivity contribution in [1.82, 2.24) is 14.1 Å². The zero-order valence-corrected chi connectivity index (χ0v) is 18.5. The van der Waals surface area contributed by atoms with E-state index in [0.717, 1.165) is 22.3 Å². The summed E-state index contributed by atoms with van der Waals surface area (Å²) in [6.45, 7) is 8.84. The number of carbonyl (C=O) groups is 2. The van der Waals surface area contributed by atoms with Crippen molar-refractivity contribution in [2.24, 2.45) is 0 Å². The molecule has 9 heteroatoms. The Labute approximate surface area is 171 Å². The largest absolute Gasteiger partial charge is 0.339 e. The molecule has 2 heterocycles. The first kappa shape index (κ1) is 21.1. The number of aryl methyl sites for hydroxylation is 2. The van der Waals surface area contributed by atoms with Gasteiger partial charge in [0.25, 0.3) is 0 Å². The van der Waals surface area contributed by atoms with Crippen LogP contribution in [-0.2, 0) is 19.6 Å². The summed E-state index contributed by atoms with van der Waals surface area (Å²) < 4.78 is 28.1. The van der Waals surface area contributed by atoms with Crippen LogP contribution in [0.25, 0.3) is 0 Å². The number of hydrogen-bond acceptors (Lipinski definition) is 5. The molecule has 0 unspecified atom stereocenters. The number of hydrogen-bond donors (Lipinski definition) is 0. The first-order valence-corrected chi connectivity index (χ1v) is 11.9. The third-order valence-electron chi connectivity index (χ3n) is 5.64. The Kier molecular flexibility index (Phi) is 6.07. The van der Waals surface area contributed by atoms with Gasteiger partial charge < -0.3 is 9.80 Å². The van der Waals surface area contributed by atoms with E-state index in [0.29, 0.717) is 29.6 Å². The zero-order chi connectivity index (χ0) is 20.6. The molecule has 0 saturated carbocycles. The van der Waals surface area contributed by atoms with Crippen molar-refractivity contribution in [2.75, 3.05) is 44.4 Å². The molecule has 1 aromatic carbocycles. The Morgan fingerprint density at radius 3 is 2.11 bits per heavy atom. The standard InChI is InChI=1S/C19H27N3O4S2/c1-13-9-14(2)16(4)19(15(13)3)28(25,26)22-7-5-20(6-8-22)17(23)10-21-12-27-11-18(21)24/h9H,5-8,10-12H2,1-4H3. The number of thioether (sulfide) groups is 1. The van der Waals surface area contributed by atoms with Crippen molar-refractivity contribution in [2.45, 2.75) is 32.6 Å². The lowest BCUT2D eigenvalue weighted by atomic mass is 10.0. The average Bonchev–Trinajstić information content (AvgIpc) is 3.05. The Bertz CT molecular complexity index is 880. The summed E-state index contributed by atoms with van der Waals surface area (Å²) in [6.07, 6.45) is 0. The van der Waals surface area contributed by atoms with E-state index in [4.69, 9.17) is 0 Å². The van der Waals surface area contributed by atoms with Crippen LogP contribution in [0.3, 0.4) is 0 Å². The summed E-state index contributed by atoms with van der Waals surface area (Å²) in [5.41, 5.74) is 3.49. The smallest absolute Gasteiger partial charge is 0.243 e. The second-order valence-corrected chi connectivity index (χ2v) is 10.3. The number of sulfonamides is 1. The van der Waals surface area contributed by atoms with Crippen LogP contribution in [0, 0.1) is 27.7 Å². The van der Waals surface area contributed by atoms with E-state index in [2.05, 4.69) is 0 Å². The quantitative estimate of drug-likeness (QED) is 0.726. The van der Waals surface area contributed by atoms with Gasteiger partial charge in [0.05, 0.1) is 16.5 Å². The van der Waals surface area contributed by atoms with Crippen LogP contribution in [0.1, 0.15) is 22.3 Å². The second kappa shape index (κ2) is 8.04. The van der Waals surface area contributed by atoms with Gasteiger partial charge in [0.1, 0.15) is 6.54 Å². The van der Waals surface area contributed by atoms with E-state index in [-0.39, 0.29) is 31.4 Å². The van der Waals surface area contributed by atoms with Gasteiger partial charge in [0.2, 0.25) is 21.8 Å². The topological polar surface area (TPSA) is 78.0 Å². The number of benzene rings is 1. The Morgan fingerprint density at radius 1 is 1.04 bits per heavy atom. The highest BCUT2D eigenvalue weighted by Crippen LogP contribution is 2.29. The molecular weight excluding hydrogens is 398 g/mol. The number of piperazine rings is 1. The van der Waals surface area contributed by atoms with Crippen molar-refractivity contribution < 1.29 is 18.0 Å². The fourth-order valence-corrected chi connectivity index (χ4v) is 6.58. The third kappa shape index (κ3) is 3.92. The van der Waals surface area contributed by atoms with Crippen LogP contribution in [-0.4, -0.2) is 78.7 Å². The molecule has 0 spiro atoms. The van der Waals surface area contributed by atoms with Crippen LogP contribution >= 0.6 is 11.8 Å². The van der Waals surface area contributed by atoms with E-state index >= 15 is 0 Å². The third-order valence-corrected chi connectivity index (χ3v) is 8.76. The Hall–Kier alpha value is -1.58. The lowest BCUT2D eigenvalue weighted by Gasteiger charge is -2.35. The van der Waals surface area contributed by atoms with Crippen molar-refractivity contribution in [3.63, 3.8) is 0 Å². The van der Waals surface area contributed by atoms with Crippen LogP contribution in [0.4, 0.5) is 0 Å². The van der Waals surface area contributed by atoms with Gasteiger partial charge in [0.15, 0.2) is 0 Å². The van der Waals surface area contributed by atoms with E-state index in [1.54, 1.807) is 9.80 Å². The molecule has 0 aliphatic carbocycles. The Morgan fingerprint density at radius 2 is 1.61 bits per heavy atom. The Balaban J connectivity index is 1.71. The molecular formula is C19H27N3O4S2. The summed E-state index contributed by atoms with van der Waals surface area (Å²) in [5, 5.41) is 0. The summed E-state index contributed by atoms with van der Waals surface area (Å²) in [7, 11) is -3.62. The van der Waals surface area contributed by atoms with Gasteiger partial charge >= 0.3 is 0 Å². The predicted octanol–water partition coefficient (Wildman–Crippen LogP) is 1.29. The summed E-state index contributed by atoms with van der Waals surface area (Å²) >= 11 is 1.50. The molecule has 1 aromatic rings. The molecule has 2 amide bonds. The van der Waals surface area contributed by atoms with Crippen LogP contribution in [0.15, 0.2) is 11.0 Å². The van der Waals surface area contributed by atoms with Gasteiger partial charge in [-0.2, -0.15) is 4.31 Å². The lowest BCUT2D eigenvalue weighted by Crippen LogP contribution is -2.52. The van der Waals surface area contributed by atoms with E-state index in [9.17, 15) is 18.0 Å². The van der Waals surface area contributed by atoms with Crippen LogP contribution in [0.5, 0.6) is 0 Å². The van der Waals surface area contributed by atoms with Crippen molar-refractivity contribution in [3.05, 3.63) is 28.3 Å². The number of amides is 2. The molecule has 2 saturated heterocycles. The molecule has 2 aliphatic heterocycles. The van der Waals surface area contributed by atoms with Gasteiger partial charge in [0, 0.05) is 26.2 Å². The van der Waals surface area contributed by atoms with Crippen LogP contribution in [0.2, 0.25) is 0 Å². The number of nitrogens with zero attached hydrogens (tertiary/aromatic N) is 3. The lowest BCUT2D eigenvalue weighted by molar-refractivity contribution is -0.138.